The van der Waals surface area contributed by atoms with Gasteiger partial charge in [-0.3, -0.25) is 0 Å². The summed E-state index contributed by atoms with van der Waals surface area (Å²) in [7, 11) is 3.35. The molecule has 1 aliphatic rings. The van der Waals surface area contributed by atoms with Gasteiger partial charge in [-0.15, -0.1) is 11.3 Å². The Hall–Kier alpha value is -2.24. The van der Waals surface area contributed by atoms with E-state index in [1.165, 1.54) is 24.0 Å². The van der Waals surface area contributed by atoms with Crippen LogP contribution in [0.15, 0.2) is 30.3 Å². The third-order valence-electron chi connectivity index (χ3n) is 5.13. The molecule has 0 atom stereocenters. The van der Waals surface area contributed by atoms with E-state index in [2.05, 4.69) is 24.4 Å². The van der Waals surface area contributed by atoms with Gasteiger partial charge in [0.25, 0.3) is 0 Å². The molecule has 0 aliphatic heterocycles. The van der Waals surface area contributed by atoms with Crippen molar-refractivity contribution in [2.24, 2.45) is 0 Å². The van der Waals surface area contributed by atoms with Crippen molar-refractivity contribution < 1.29 is 9.47 Å². The first kappa shape index (κ1) is 19.1. The highest BCUT2D eigenvalue weighted by atomic mass is 35.5. The quantitative estimate of drug-likeness (QED) is 0.523. The number of methoxy groups -OCH3 is 2. The van der Waals surface area contributed by atoms with Gasteiger partial charge < -0.3 is 14.8 Å². The van der Waals surface area contributed by atoms with Gasteiger partial charge in [0, 0.05) is 10.4 Å². The van der Waals surface area contributed by atoms with Crippen molar-refractivity contribution in [1.29, 1.82) is 0 Å². The number of anilines is 2. The van der Waals surface area contributed by atoms with Gasteiger partial charge in [0.1, 0.15) is 11.5 Å². The SMILES string of the molecule is COc1ccc(-c2nc(Nc3cc4c(cc3OC)CCCC4)sc2C)c(Cl)c1. The number of rotatable bonds is 5. The standard InChI is InChI=1S/C22H23ClN2O2S/c1-13-21(17-9-8-16(26-2)12-18(17)23)25-22(28-13)24-19-10-14-6-4-5-7-15(14)11-20(19)27-3/h8-12H,4-7H2,1-3H3,(H,24,25). The Kier molecular flexibility index (Phi) is 5.47. The molecule has 146 valence electrons. The highest BCUT2D eigenvalue weighted by molar-refractivity contribution is 7.16. The second-order valence-electron chi connectivity index (χ2n) is 6.92. The van der Waals surface area contributed by atoms with E-state index in [1.54, 1.807) is 25.6 Å². The van der Waals surface area contributed by atoms with Gasteiger partial charge in [-0.25, -0.2) is 4.98 Å². The van der Waals surface area contributed by atoms with Crippen LogP contribution >= 0.6 is 22.9 Å². The number of ether oxygens (including phenoxy) is 2. The summed E-state index contributed by atoms with van der Waals surface area (Å²) in [4.78, 5) is 5.91. The van der Waals surface area contributed by atoms with E-state index in [-0.39, 0.29) is 0 Å². The van der Waals surface area contributed by atoms with Crippen LogP contribution in [-0.4, -0.2) is 19.2 Å². The molecule has 0 bridgehead atoms. The average Bonchev–Trinajstić information content (AvgIpc) is 3.07. The number of hydrogen-bond acceptors (Lipinski definition) is 5. The van der Waals surface area contributed by atoms with Gasteiger partial charge in [0.15, 0.2) is 5.13 Å². The van der Waals surface area contributed by atoms with E-state index in [9.17, 15) is 0 Å². The molecule has 0 saturated heterocycles. The third kappa shape index (κ3) is 3.69. The minimum Gasteiger partial charge on any atom is -0.497 e. The van der Waals surface area contributed by atoms with Crippen LogP contribution in [0.5, 0.6) is 11.5 Å². The topological polar surface area (TPSA) is 43.4 Å². The lowest BCUT2D eigenvalue weighted by Gasteiger charge is -2.19. The fraction of sp³-hybridized carbons (Fsp3) is 0.318. The minimum absolute atomic E-state index is 0.630. The smallest absolute Gasteiger partial charge is 0.188 e. The van der Waals surface area contributed by atoms with Gasteiger partial charge in [-0.05, 0) is 74.1 Å². The Bertz CT molecular complexity index is 1020. The second-order valence-corrected chi connectivity index (χ2v) is 8.53. The summed E-state index contributed by atoms with van der Waals surface area (Å²) in [5, 5.41) is 4.92. The average molecular weight is 415 g/mol. The van der Waals surface area contributed by atoms with Crippen molar-refractivity contribution >= 4 is 33.8 Å². The third-order valence-corrected chi connectivity index (χ3v) is 6.33. The fourth-order valence-electron chi connectivity index (χ4n) is 3.66. The van der Waals surface area contributed by atoms with Crippen LogP contribution in [0, 0.1) is 6.92 Å². The highest BCUT2D eigenvalue weighted by Gasteiger charge is 2.17. The van der Waals surface area contributed by atoms with Crippen LogP contribution in [0.25, 0.3) is 11.3 Å². The Morgan fingerprint density at radius 1 is 1.04 bits per heavy atom. The molecular formula is C22H23ClN2O2S. The molecule has 6 heteroatoms. The predicted molar refractivity (Wildman–Crippen MR) is 117 cm³/mol. The van der Waals surface area contributed by atoms with E-state index >= 15 is 0 Å². The van der Waals surface area contributed by atoms with Crippen molar-refractivity contribution in [2.75, 3.05) is 19.5 Å². The summed E-state index contributed by atoms with van der Waals surface area (Å²) < 4.78 is 10.9. The maximum absolute atomic E-state index is 6.46. The van der Waals surface area contributed by atoms with E-state index in [0.29, 0.717) is 5.02 Å². The lowest BCUT2D eigenvalue weighted by molar-refractivity contribution is 0.415. The molecule has 1 aliphatic carbocycles. The molecule has 0 amide bonds. The molecule has 3 aromatic rings. The van der Waals surface area contributed by atoms with Crippen LogP contribution < -0.4 is 14.8 Å². The zero-order valence-corrected chi connectivity index (χ0v) is 17.8. The fourth-order valence-corrected chi connectivity index (χ4v) is 4.76. The molecule has 4 nitrogen and oxygen atoms in total. The molecule has 4 rings (SSSR count). The molecule has 1 heterocycles. The van der Waals surface area contributed by atoms with Gasteiger partial charge in [-0.2, -0.15) is 0 Å². The maximum atomic E-state index is 6.46. The number of nitrogens with zero attached hydrogens (tertiary/aromatic N) is 1. The summed E-state index contributed by atoms with van der Waals surface area (Å²) in [5.41, 5.74) is 5.55. The van der Waals surface area contributed by atoms with Crippen LogP contribution in [0.1, 0.15) is 28.8 Å². The van der Waals surface area contributed by atoms with E-state index in [4.69, 9.17) is 26.1 Å². The number of fused-ring (bicyclic) bond motifs is 1. The van der Waals surface area contributed by atoms with Crippen LogP contribution in [0.4, 0.5) is 10.8 Å². The van der Waals surface area contributed by atoms with Crippen molar-refractivity contribution in [1.82, 2.24) is 4.98 Å². The lowest BCUT2D eigenvalue weighted by Crippen LogP contribution is -2.05. The van der Waals surface area contributed by atoms with Crippen LogP contribution in [0.3, 0.4) is 0 Å². The van der Waals surface area contributed by atoms with Crippen LogP contribution in [0.2, 0.25) is 5.02 Å². The number of aryl methyl sites for hydroxylation is 3. The lowest BCUT2D eigenvalue weighted by atomic mass is 9.91. The normalized spacial score (nSPS) is 13.1. The first-order chi connectivity index (χ1) is 13.6. The van der Waals surface area contributed by atoms with E-state index in [0.717, 1.165) is 51.3 Å². The Labute approximate surface area is 174 Å². The molecule has 0 spiro atoms. The number of benzene rings is 2. The molecule has 28 heavy (non-hydrogen) atoms. The summed E-state index contributed by atoms with van der Waals surface area (Å²) in [6, 6.07) is 10.0. The van der Waals surface area contributed by atoms with Gasteiger partial charge in [-0.1, -0.05) is 11.6 Å². The maximum Gasteiger partial charge on any atom is 0.188 e. The first-order valence-corrected chi connectivity index (χ1v) is 10.6. The molecule has 0 fully saturated rings. The highest BCUT2D eigenvalue weighted by Crippen LogP contribution is 2.39. The summed E-state index contributed by atoms with van der Waals surface area (Å²) in [6.07, 6.45) is 4.75. The van der Waals surface area contributed by atoms with Crippen molar-refractivity contribution in [3.63, 3.8) is 0 Å². The Morgan fingerprint density at radius 2 is 1.79 bits per heavy atom. The van der Waals surface area contributed by atoms with E-state index < -0.39 is 0 Å². The Morgan fingerprint density at radius 3 is 2.46 bits per heavy atom. The van der Waals surface area contributed by atoms with Gasteiger partial charge >= 0.3 is 0 Å². The van der Waals surface area contributed by atoms with Gasteiger partial charge in [0.2, 0.25) is 0 Å². The number of nitrogens with one attached hydrogen (secondary N) is 1. The van der Waals surface area contributed by atoms with Crippen LogP contribution in [-0.2, 0) is 12.8 Å². The monoisotopic (exact) mass is 414 g/mol. The minimum atomic E-state index is 0.630. The van der Waals surface area contributed by atoms with Crippen molar-refractivity contribution in [2.45, 2.75) is 32.6 Å². The van der Waals surface area contributed by atoms with Crippen molar-refractivity contribution in [3.8, 4) is 22.8 Å². The molecule has 0 saturated carbocycles. The molecule has 1 N–H and O–H groups in total. The summed E-state index contributed by atoms with van der Waals surface area (Å²) >= 11 is 8.07. The molecule has 2 aromatic carbocycles. The summed E-state index contributed by atoms with van der Waals surface area (Å²) in [5.74, 6) is 1.59. The Balaban J connectivity index is 1.66. The largest absolute Gasteiger partial charge is 0.497 e. The number of aromatic nitrogens is 1. The molecular weight excluding hydrogens is 392 g/mol. The molecule has 1 aromatic heterocycles. The molecule has 0 unspecified atom stereocenters. The number of thiazole rings is 1. The van der Waals surface area contributed by atoms with Gasteiger partial charge in [0.05, 0.1) is 30.6 Å². The summed E-state index contributed by atoms with van der Waals surface area (Å²) in [6.45, 7) is 2.06. The predicted octanol–water partition coefficient (Wildman–Crippen LogP) is 6.41. The zero-order chi connectivity index (χ0) is 19.7. The zero-order valence-electron chi connectivity index (χ0n) is 16.3. The molecule has 0 radical (unpaired) electrons. The number of halogens is 1. The number of hydrogen-bond donors (Lipinski definition) is 1. The first-order valence-electron chi connectivity index (χ1n) is 9.37. The second kappa shape index (κ2) is 8.02. The van der Waals surface area contributed by atoms with E-state index in [1.807, 2.05) is 18.2 Å². The van der Waals surface area contributed by atoms with Crippen molar-refractivity contribution in [3.05, 3.63) is 51.4 Å².